The largest absolute Gasteiger partial charge is 0.386 e. The molecule has 2 unspecified atom stereocenters. The summed E-state index contributed by atoms with van der Waals surface area (Å²) < 4.78 is 18.4. The molecule has 0 aromatic rings. The molecule has 116 valence electrons. The number of aliphatic hydroxyl groups excluding tert-OH is 1. The Morgan fingerprint density at radius 1 is 1.57 bits per heavy atom. The normalized spacial score (nSPS) is 32.7. The number of alkyl halides is 1. The van der Waals surface area contributed by atoms with Crippen LogP contribution in [0.3, 0.4) is 0 Å². The van der Waals surface area contributed by atoms with Gasteiger partial charge in [-0.15, -0.1) is 0 Å². The molecule has 2 aliphatic rings. The van der Waals surface area contributed by atoms with Gasteiger partial charge >= 0.3 is 0 Å². The van der Waals surface area contributed by atoms with Crippen LogP contribution in [0.2, 0.25) is 0 Å². The fourth-order valence-electron chi connectivity index (χ4n) is 2.65. The van der Waals surface area contributed by atoms with E-state index in [1.54, 1.807) is 6.92 Å². The van der Waals surface area contributed by atoms with E-state index in [1.165, 1.54) is 18.1 Å². The van der Waals surface area contributed by atoms with Crippen molar-refractivity contribution in [2.75, 3.05) is 13.7 Å². The van der Waals surface area contributed by atoms with Crippen molar-refractivity contribution in [3.63, 3.8) is 0 Å². The quantitative estimate of drug-likeness (QED) is 0.602. The summed E-state index contributed by atoms with van der Waals surface area (Å²) in [6.07, 6.45) is -0.741. The van der Waals surface area contributed by atoms with Gasteiger partial charge in [-0.3, -0.25) is 14.9 Å². The van der Waals surface area contributed by atoms with E-state index in [0.717, 1.165) is 6.08 Å². The van der Waals surface area contributed by atoms with Crippen LogP contribution in [-0.4, -0.2) is 58.9 Å². The molecule has 0 aromatic carbocycles. The average molecular weight is 300 g/mol. The number of aliphatic hydroxyl groups is 1. The topological polar surface area (TPSA) is 92.9 Å². The molecule has 7 nitrogen and oxygen atoms in total. The minimum Gasteiger partial charge on any atom is -0.386 e. The van der Waals surface area contributed by atoms with Crippen LogP contribution in [-0.2, 0) is 9.53 Å². The smallest absolute Gasteiger partial charge is 0.280 e. The first kappa shape index (κ1) is 15.6. The Balaban J connectivity index is 2.32. The van der Waals surface area contributed by atoms with Gasteiger partial charge in [-0.05, 0) is 13.0 Å². The Bertz CT molecular complexity index is 519. The lowest BCUT2D eigenvalue weighted by Gasteiger charge is -2.25. The highest BCUT2D eigenvalue weighted by molar-refractivity contribution is 5.98. The maximum Gasteiger partial charge on any atom is 0.280 e. The van der Waals surface area contributed by atoms with Crippen LogP contribution in [0.25, 0.3) is 0 Å². The maximum absolute atomic E-state index is 13.4. The van der Waals surface area contributed by atoms with Crippen LogP contribution in [0.1, 0.15) is 13.3 Å². The molecule has 0 aromatic heterocycles. The highest BCUT2D eigenvalue weighted by Crippen LogP contribution is 2.28. The second-order valence-corrected chi connectivity index (χ2v) is 5.22. The average Bonchev–Trinajstić information content (AvgIpc) is 2.76. The third-order valence-electron chi connectivity index (χ3n) is 3.76. The van der Waals surface area contributed by atoms with Gasteiger partial charge in [0.05, 0.1) is 11.5 Å². The summed E-state index contributed by atoms with van der Waals surface area (Å²) in [6, 6.07) is -0.325. The first-order valence-corrected chi connectivity index (χ1v) is 6.59. The standard InChI is InChI=1S/C13H17FN2O5/c1-7-3-8(14)6-15(7)13(18)9-4-12(21-2)11(17)5-10(9)16(19)20/h4-5,7-8,11-12,17H,3,6H2,1-2H3/t7-,8+,11?,12?/m1/s1. The van der Waals surface area contributed by atoms with Crippen molar-refractivity contribution in [1.82, 2.24) is 4.90 Å². The van der Waals surface area contributed by atoms with E-state index in [4.69, 9.17) is 4.74 Å². The van der Waals surface area contributed by atoms with Gasteiger partial charge in [0.25, 0.3) is 11.6 Å². The SMILES string of the molecule is COC1C=C(C(=O)N2C[C@@H](F)C[C@H]2C)C([N+](=O)[O-])=CC1O. The molecule has 8 heteroatoms. The Kier molecular flexibility index (Phi) is 4.38. The lowest BCUT2D eigenvalue weighted by Crippen LogP contribution is -2.39. The number of amides is 1. The number of hydrogen-bond donors (Lipinski definition) is 1. The first-order chi connectivity index (χ1) is 9.85. The second kappa shape index (κ2) is 5.90. The molecule has 1 N–H and O–H groups in total. The molecular formula is C13H17FN2O5. The molecule has 4 atom stereocenters. The van der Waals surface area contributed by atoms with Crippen LogP contribution in [0.15, 0.2) is 23.4 Å². The first-order valence-electron chi connectivity index (χ1n) is 6.59. The molecule has 1 amide bonds. The molecule has 0 spiro atoms. The van der Waals surface area contributed by atoms with Gasteiger partial charge in [0.15, 0.2) is 0 Å². The summed E-state index contributed by atoms with van der Waals surface area (Å²) in [5, 5.41) is 20.8. The van der Waals surface area contributed by atoms with Crippen molar-refractivity contribution in [3.05, 3.63) is 33.5 Å². The van der Waals surface area contributed by atoms with E-state index in [2.05, 4.69) is 0 Å². The number of rotatable bonds is 3. The number of nitrogens with zero attached hydrogens (tertiary/aromatic N) is 2. The van der Waals surface area contributed by atoms with Crippen LogP contribution in [0.4, 0.5) is 4.39 Å². The summed E-state index contributed by atoms with van der Waals surface area (Å²) in [7, 11) is 1.33. The lowest BCUT2D eigenvalue weighted by molar-refractivity contribution is -0.421. The highest BCUT2D eigenvalue weighted by Gasteiger charge is 2.40. The number of carbonyl (C=O) groups excluding carboxylic acids is 1. The number of nitro groups is 1. The lowest BCUT2D eigenvalue weighted by atomic mass is 9.98. The maximum atomic E-state index is 13.4. The number of ether oxygens (including phenoxy) is 1. The van der Waals surface area contributed by atoms with Gasteiger partial charge in [0.2, 0.25) is 0 Å². The predicted octanol–water partition coefficient (Wildman–Crippen LogP) is 0.422. The third-order valence-corrected chi connectivity index (χ3v) is 3.76. The molecule has 1 aliphatic carbocycles. The zero-order valence-corrected chi connectivity index (χ0v) is 11.7. The highest BCUT2D eigenvalue weighted by atomic mass is 19.1. The van der Waals surface area contributed by atoms with E-state index in [-0.39, 0.29) is 24.6 Å². The molecule has 21 heavy (non-hydrogen) atoms. The van der Waals surface area contributed by atoms with E-state index < -0.39 is 34.9 Å². The van der Waals surface area contributed by atoms with Crippen LogP contribution >= 0.6 is 0 Å². The number of methoxy groups -OCH3 is 1. The second-order valence-electron chi connectivity index (χ2n) is 5.22. The fraction of sp³-hybridized carbons (Fsp3) is 0.615. The van der Waals surface area contributed by atoms with E-state index in [9.17, 15) is 24.4 Å². The Hall–Kier alpha value is -1.80. The summed E-state index contributed by atoms with van der Waals surface area (Å²) in [5.74, 6) is -0.612. The molecular weight excluding hydrogens is 283 g/mol. The van der Waals surface area contributed by atoms with Crippen LogP contribution in [0.5, 0.6) is 0 Å². The Labute approximate surface area is 120 Å². The van der Waals surface area contributed by atoms with Crippen molar-refractivity contribution >= 4 is 5.91 Å². The molecule has 1 fully saturated rings. The number of carbonyl (C=O) groups is 1. The molecule has 1 saturated heterocycles. The van der Waals surface area contributed by atoms with Gasteiger partial charge in [0.1, 0.15) is 24.0 Å². The van der Waals surface area contributed by atoms with Gasteiger partial charge in [-0.25, -0.2) is 4.39 Å². The summed E-state index contributed by atoms with van der Waals surface area (Å²) in [4.78, 5) is 24.1. The van der Waals surface area contributed by atoms with Crippen LogP contribution in [0, 0.1) is 10.1 Å². The van der Waals surface area contributed by atoms with Crippen LogP contribution < -0.4 is 0 Å². The van der Waals surface area contributed by atoms with Crippen molar-refractivity contribution in [2.24, 2.45) is 0 Å². The Morgan fingerprint density at radius 3 is 2.71 bits per heavy atom. The summed E-state index contributed by atoms with van der Waals surface area (Å²) in [6.45, 7) is 1.61. The molecule has 0 bridgehead atoms. The minimum absolute atomic E-state index is 0.0808. The van der Waals surface area contributed by atoms with Crippen molar-refractivity contribution in [1.29, 1.82) is 0 Å². The predicted molar refractivity (Wildman–Crippen MR) is 70.7 cm³/mol. The van der Waals surface area contributed by atoms with Gasteiger partial charge in [-0.2, -0.15) is 0 Å². The monoisotopic (exact) mass is 300 g/mol. The summed E-state index contributed by atoms with van der Waals surface area (Å²) in [5.41, 5.74) is -0.645. The molecule has 2 rings (SSSR count). The molecule has 1 aliphatic heterocycles. The minimum atomic E-state index is -1.20. The molecule has 0 saturated carbocycles. The Morgan fingerprint density at radius 2 is 2.24 bits per heavy atom. The van der Waals surface area contributed by atoms with E-state index >= 15 is 0 Å². The number of likely N-dealkylation sites (tertiary alicyclic amines) is 1. The van der Waals surface area contributed by atoms with Crippen molar-refractivity contribution < 1.29 is 24.0 Å². The summed E-state index contributed by atoms with van der Waals surface area (Å²) >= 11 is 0. The zero-order valence-electron chi connectivity index (χ0n) is 11.7. The zero-order chi connectivity index (χ0) is 15.7. The van der Waals surface area contributed by atoms with E-state index in [1.807, 2.05) is 0 Å². The van der Waals surface area contributed by atoms with Gasteiger partial charge < -0.3 is 14.7 Å². The number of halogens is 1. The third kappa shape index (κ3) is 2.96. The van der Waals surface area contributed by atoms with E-state index in [0.29, 0.717) is 0 Å². The van der Waals surface area contributed by atoms with Crippen molar-refractivity contribution in [3.8, 4) is 0 Å². The molecule has 1 heterocycles. The van der Waals surface area contributed by atoms with Crippen molar-refractivity contribution in [2.45, 2.75) is 37.8 Å². The molecule has 0 radical (unpaired) electrons. The van der Waals surface area contributed by atoms with Gasteiger partial charge in [0, 0.05) is 25.6 Å². The number of hydrogen-bond acceptors (Lipinski definition) is 5. The van der Waals surface area contributed by atoms with Gasteiger partial charge in [-0.1, -0.05) is 0 Å². The fourth-order valence-corrected chi connectivity index (χ4v) is 2.65.